The van der Waals surface area contributed by atoms with Crippen LogP contribution in [0.5, 0.6) is 0 Å². The highest BCUT2D eigenvalue weighted by Gasteiger charge is 2.08. The molecule has 0 radical (unpaired) electrons. The van der Waals surface area contributed by atoms with Crippen LogP contribution in [-0.4, -0.2) is 15.5 Å². The Hall–Kier alpha value is -2.05. The topological polar surface area (TPSA) is 54.9 Å². The lowest BCUT2D eigenvalue weighted by Gasteiger charge is -2.05. The van der Waals surface area contributed by atoms with Crippen molar-refractivity contribution in [3.63, 3.8) is 0 Å². The molecule has 2 heterocycles. The number of hydrogen-bond acceptors (Lipinski definition) is 5. The highest BCUT2D eigenvalue weighted by Crippen LogP contribution is 2.22. The number of nitrogens with zero attached hydrogens (tertiary/aromatic N) is 2. The summed E-state index contributed by atoms with van der Waals surface area (Å²) in [4.78, 5) is 12.6. The number of rotatable bonds is 3. The average molecular weight is 287 g/mol. The average Bonchev–Trinajstić information content (AvgIpc) is 3.13. The van der Waals surface area contributed by atoms with Gasteiger partial charge in [0.1, 0.15) is 5.69 Å². The van der Waals surface area contributed by atoms with Crippen LogP contribution in [0.15, 0.2) is 47.2 Å². The van der Waals surface area contributed by atoms with Crippen molar-refractivity contribution in [1.29, 1.82) is 0 Å². The molecule has 0 bridgehead atoms. The van der Waals surface area contributed by atoms with E-state index in [4.69, 9.17) is 0 Å². The van der Waals surface area contributed by atoms with Crippen molar-refractivity contribution in [2.75, 3.05) is 5.32 Å². The molecule has 0 unspecified atom stereocenters. The Kier molecular flexibility index (Phi) is 3.35. The number of benzene rings is 1. The first-order chi connectivity index (χ1) is 9.33. The number of nitrogens with one attached hydrogen (secondary N) is 1. The summed E-state index contributed by atoms with van der Waals surface area (Å²) >= 11 is 2.72. The summed E-state index contributed by atoms with van der Waals surface area (Å²) in [5.74, 6) is -0.0939. The number of aromatic nitrogens is 2. The molecular formula is C13H9N3OS2. The molecule has 1 aromatic carbocycles. The number of thiophene rings is 1. The zero-order valence-electron chi connectivity index (χ0n) is 9.74. The lowest BCUT2D eigenvalue weighted by atomic mass is 10.1. The van der Waals surface area contributed by atoms with Crippen LogP contribution in [0.2, 0.25) is 0 Å². The third-order valence-electron chi connectivity index (χ3n) is 2.52. The highest BCUT2D eigenvalue weighted by atomic mass is 32.1. The van der Waals surface area contributed by atoms with E-state index >= 15 is 0 Å². The van der Waals surface area contributed by atoms with Crippen LogP contribution in [-0.2, 0) is 0 Å². The minimum Gasteiger partial charge on any atom is -0.321 e. The molecule has 0 atom stereocenters. The molecular weight excluding hydrogens is 278 g/mol. The van der Waals surface area contributed by atoms with E-state index in [0.717, 1.165) is 16.9 Å². The van der Waals surface area contributed by atoms with Crippen molar-refractivity contribution in [3.8, 4) is 11.3 Å². The molecule has 3 rings (SSSR count). The van der Waals surface area contributed by atoms with Crippen LogP contribution >= 0.6 is 22.9 Å². The van der Waals surface area contributed by atoms with Crippen molar-refractivity contribution in [1.82, 2.24) is 9.59 Å². The van der Waals surface area contributed by atoms with Crippen molar-refractivity contribution >= 4 is 34.5 Å². The zero-order chi connectivity index (χ0) is 13.1. The molecule has 3 aromatic rings. The van der Waals surface area contributed by atoms with E-state index in [-0.39, 0.29) is 5.91 Å². The van der Waals surface area contributed by atoms with Crippen LogP contribution < -0.4 is 5.32 Å². The van der Waals surface area contributed by atoms with E-state index in [9.17, 15) is 4.79 Å². The van der Waals surface area contributed by atoms with Gasteiger partial charge in [0.15, 0.2) is 0 Å². The first kappa shape index (κ1) is 12.0. The second-order valence-corrected chi connectivity index (χ2v) is 5.36. The number of carbonyl (C=O) groups is 1. The fourth-order valence-corrected chi connectivity index (χ4v) is 2.73. The Morgan fingerprint density at radius 2 is 2.16 bits per heavy atom. The second-order valence-electron chi connectivity index (χ2n) is 3.80. The quantitative estimate of drug-likeness (QED) is 0.802. The van der Waals surface area contributed by atoms with Gasteiger partial charge in [-0.15, -0.1) is 16.4 Å². The molecule has 0 aliphatic heterocycles. The third-order valence-corrected chi connectivity index (χ3v) is 3.89. The normalized spacial score (nSPS) is 10.3. The van der Waals surface area contributed by atoms with Gasteiger partial charge >= 0.3 is 0 Å². The van der Waals surface area contributed by atoms with Crippen molar-refractivity contribution in [3.05, 3.63) is 52.0 Å². The number of amides is 1. The molecule has 0 fully saturated rings. The number of carbonyl (C=O) groups excluding carboxylic acids is 1. The third kappa shape index (κ3) is 2.69. The van der Waals surface area contributed by atoms with Gasteiger partial charge in [0.05, 0.1) is 4.88 Å². The molecule has 94 valence electrons. The molecule has 19 heavy (non-hydrogen) atoms. The summed E-state index contributed by atoms with van der Waals surface area (Å²) in [6.45, 7) is 0. The van der Waals surface area contributed by atoms with E-state index in [2.05, 4.69) is 14.9 Å². The van der Waals surface area contributed by atoms with E-state index in [1.165, 1.54) is 22.9 Å². The standard InChI is InChI=1S/C13H9N3OS2/c17-13(12-5-2-6-18-12)14-10-4-1-3-9(7-10)11-8-19-16-15-11/h1-8H,(H,14,17). The highest BCUT2D eigenvalue weighted by molar-refractivity contribution is 7.12. The van der Waals surface area contributed by atoms with Crippen molar-refractivity contribution < 1.29 is 4.79 Å². The summed E-state index contributed by atoms with van der Waals surface area (Å²) < 4.78 is 3.84. The van der Waals surface area contributed by atoms with Gasteiger partial charge in [-0.1, -0.05) is 22.7 Å². The van der Waals surface area contributed by atoms with E-state index < -0.39 is 0 Å². The summed E-state index contributed by atoms with van der Waals surface area (Å²) in [5, 5.41) is 10.6. The van der Waals surface area contributed by atoms with Crippen LogP contribution in [0.4, 0.5) is 5.69 Å². The van der Waals surface area contributed by atoms with E-state index in [1.807, 2.05) is 41.1 Å². The van der Waals surface area contributed by atoms with Crippen molar-refractivity contribution in [2.24, 2.45) is 0 Å². The maximum Gasteiger partial charge on any atom is 0.265 e. The molecule has 1 amide bonds. The molecule has 0 aliphatic carbocycles. The van der Waals surface area contributed by atoms with E-state index in [0.29, 0.717) is 4.88 Å². The molecule has 4 nitrogen and oxygen atoms in total. The molecule has 6 heteroatoms. The fourth-order valence-electron chi connectivity index (χ4n) is 1.65. The molecule has 0 saturated heterocycles. The van der Waals surface area contributed by atoms with Gasteiger partial charge in [0.2, 0.25) is 0 Å². The largest absolute Gasteiger partial charge is 0.321 e. The summed E-state index contributed by atoms with van der Waals surface area (Å²) in [5.41, 5.74) is 2.51. The first-order valence-electron chi connectivity index (χ1n) is 5.55. The minimum absolute atomic E-state index is 0.0939. The summed E-state index contributed by atoms with van der Waals surface area (Å²) in [6.07, 6.45) is 0. The molecule has 0 aliphatic rings. The second kappa shape index (κ2) is 5.29. The van der Waals surface area contributed by atoms with Gasteiger partial charge in [-0.25, -0.2) is 0 Å². The van der Waals surface area contributed by atoms with E-state index in [1.54, 1.807) is 6.07 Å². The molecule has 0 saturated carbocycles. The monoisotopic (exact) mass is 287 g/mol. The Labute approximate surface area is 117 Å². The van der Waals surface area contributed by atoms with Crippen LogP contribution in [0.1, 0.15) is 9.67 Å². The Balaban J connectivity index is 1.82. The number of hydrogen-bond donors (Lipinski definition) is 1. The van der Waals surface area contributed by atoms with Crippen LogP contribution in [0, 0.1) is 0 Å². The summed E-state index contributed by atoms with van der Waals surface area (Å²) in [6, 6.07) is 11.2. The van der Waals surface area contributed by atoms with Crippen LogP contribution in [0.25, 0.3) is 11.3 Å². The predicted octanol–water partition coefficient (Wildman–Crippen LogP) is 3.52. The van der Waals surface area contributed by atoms with Crippen LogP contribution in [0.3, 0.4) is 0 Å². The van der Waals surface area contributed by atoms with Gasteiger partial charge in [-0.2, -0.15) is 0 Å². The molecule has 2 aromatic heterocycles. The van der Waals surface area contributed by atoms with Gasteiger partial charge in [-0.3, -0.25) is 4.79 Å². The fraction of sp³-hybridized carbons (Fsp3) is 0. The minimum atomic E-state index is -0.0939. The lowest BCUT2D eigenvalue weighted by Crippen LogP contribution is -2.09. The van der Waals surface area contributed by atoms with Gasteiger partial charge < -0.3 is 5.32 Å². The maximum atomic E-state index is 11.9. The SMILES string of the molecule is O=C(Nc1cccc(-c2csnn2)c1)c1cccs1. The first-order valence-corrected chi connectivity index (χ1v) is 7.27. The Bertz CT molecular complexity index is 678. The summed E-state index contributed by atoms with van der Waals surface area (Å²) in [7, 11) is 0. The maximum absolute atomic E-state index is 11.9. The Morgan fingerprint density at radius 1 is 1.21 bits per heavy atom. The Morgan fingerprint density at radius 3 is 2.89 bits per heavy atom. The van der Waals surface area contributed by atoms with Crippen molar-refractivity contribution in [2.45, 2.75) is 0 Å². The van der Waals surface area contributed by atoms with Gasteiger partial charge in [-0.05, 0) is 35.1 Å². The predicted molar refractivity (Wildman–Crippen MR) is 77.6 cm³/mol. The van der Waals surface area contributed by atoms with Gasteiger partial charge in [0.25, 0.3) is 5.91 Å². The smallest absolute Gasteiger partial charge is 0.265 e. The molecule has 0 spiro atoms. The molecule has 1 N–H and O–H groups in total. The zero-order valence-corrected chi connectivity index (χ0v) is 11.4. The number of anilines is 1. The van der Waals surface area contributed by atoms with Gasteiger partial charge in [0, 0.05) is 16.6 Å². The lowest BCUT2D eigenvalue weighted by molar-refractivity contribution is 0.103.